The summed E-state index contributed by atoms with van der Waals surface area (Å²) in [5, 5.41) is 9.53. The molecule has 4 aromatic rings. The van der Waals surface area contributed by atoms with Crippen molar-refractivity contribution in [3.63, 3.8) is 0 Å². The first-order valence-electron chi connectivity index (χ1n) is 12.0. The molecule has 41 heavy (non-hydrogen) atoms. The summed E-state index contributed by atoms with van der Waals surface area (Å²) in [5.41, 5.74) is 0.284. The lowest BCUT2D eigenvalue weighted by atomic mass is 10.2. The fourth-order valence-corrected chi connectivity index (χ4v) is 6.40. The molecule has 0 aliphatic rings. The van der Waals surface area contributed by atoms with Crippen LogP contribution in [0.2, 0.25) is 10.0 Å². The van der Waals surface area contributed by atoms with Crippen LogP contribution in [0, 0.1) is 18.3 Å². The smallest absolute Gasteiger partial charge is 0.264 e. The first kappa shape index (κ1) is 30.3. The van der Waals surface area contributed by atoms with Crippen LogP contribution in [0.4, 0.5) is 5.69 Å². The minimum atomic E-state index is -3.48. The second-order valence-electron chi connectivity index (χ2n) is 8.81. The number of amides is 1. The molecule has 1 atom stereocenters. The van der Waals surface area contributed by atoms with Gasteiger partial charge in [-0.1, -0.05) is 30.1 Å². The van der Waals surface area contributed by atoms with E-state index in [1.54, 1.807) is 6.92 Å². The van der Waals surface area contributed by atoms with E-state index in [1.807, 2.05) is 6.07 Å². The summed E-state index contributed by atoms with van der Waals surface area (Å²) in [5.74, 6) is -0.850. The molecule has 0 saturated heterocycles. The molecule has 0 bridgehead atoms. The minimum absolute atomic E-state index is 0.0392. The van der Waals surface area contributed by atoms with Crippen molar-refractivity contribution in [2.75, 3.05) is 10.7 Å². The molecule has 0 radical (unpaired) electrons. The molecule has 0 saturated carbocycles. The first-order chi connectivity index (χ1) is 19.4. The van der Waals surface area contributed by atoms with Crippen molar-refractivity contribution >= 4 is 55.8 Å². The van der Waals surface area contributed by atoms with Gasteiger partial charge < -0.3 is 14.4 Å². The Balaban J connectivity index is 1.77. The van der Waals surface area contributed by atoms with Crippen LogP contribution in [0.25, 0.3) is 0 Å². The van der Waals surface area contributed by atoms with Crippen molar-refractivity contribution in [3.05, 3.63) is 110 Å². The SMILES string of the molecule is CCS(=O)(=O)c1ccc(CN(C(=O)c2cc([S+]([O-])c3ccc(C#N)cc3)c(C)[nH]c2=O)c2cc(Cl)cc(Cl)c2)nc1. The molecular formula is C28H22Cl2N4O5S2. The summed E-state index contributed by atoms with van der Waals surface area (Å²) in [4.78, 5) is 35.6. The Labute approximate surface area is 249 Å². The number of pyridine rings is 2. The van der Waals surface area contributed by atoms with E-state index in [1.165, 1.54) is 78.7 Å². The number of rotatable bonds is 8. The molecule has 0 fully saturated rings. The van der Waals surface area contributed by atoms with Gasteiger partial charge in [0.2, 0.25) is 0 Å². The summed E-state index contributed by atoms with van der Waals surface area (Å²) in [6, 6.07) is 16.7. The van der Waals surface area contributed by atoms with Crippen molar-refractivity contribution in [1.29, 1.82) is 5.26 Å². The number of H-pyrrole nitrogens is 1. The molecule has 210 valence electrons. The van der Waals surface area contributed by atoms with Crippen LogP contribution in [-0.2, 0) is 27.6 Å². The molecule has 1 unspecified atom stereocenters. The van der Waals surface area contributed by atoms with Gasteiger partial charge in [0.15, 0.2) is 19.6 Å². The largest absolute Gasteiger partial charge is 0.606 e. The summed E-state index contributed by atoms with van der Waals surface area (Å²) in [7, 11) is -3.48. The van der Waals surface area contributed by atoms with Crippen molar-refractivity contribution < 1.29 is 17.8 Å². The Morgan fingerprint density at radius 3 is 2.32 bits per heavy atom. The lowest BCUT2D eigenvalue weighted by Gasteiger charge is -2.23. The second-order valence-corrected chi connectivity index (χ2v) is 13.4. The van der Waals surface area contributed by atoms with E-state index in [0.717, 1.165) is 0 Å². The third-order valence-electron chi connectivity index (χ3n) is 6.08. The molecule has 2 heterocycles. The van der Waals surface area contributed by atoms with Crippen LogP contribution in [0.15, 0.2) is 86.3 Å². The summed E-state index contributed by atoms with van der Waals surface area (Å²) >= 11 is 10.6. The number of aryl methyl sites for hydroxylation is 1. The molecule has 9 nitrogen and oxygen atoms in total. The molecule has 0 aliphatic heterocycles. The summed E-state index contributed by atoms with van der Waals surface area (Å²) in [6.07, 6.45) is 1.21. The average molecular weight is 630 g/mol. The van der Waals surface area contributed by atoms with Gasteiger partial charge in [0.05, 0.1) is 40.2 Å². The highest BCUT2D eigenvalue weighted by atomic mass is 35.5. The second kappa shape index (κ2) is 12.5. The predicted octanol–water partition coefficient (Wildman–Crippen LogP) is 5.06. The molecule has 13 heteroatoms. The van der Waals surface area contributed by atoms with Gasteiger partial charge in [-0.05, 0) is 61.5 Å². The lowest BCUT2D eigenvalue weighted by molar-refractivity contribution is 0.0983. The number of anilines is 1. The molecule has 0 aliphatic carbocycles. The highest BCUT2D eigenvalue weighted by Crippen LogP contribution is 2.29. The van der Waals surface area contributed by atoms with Gasteiger partial charge in [-0.3, -0.25) is 14.6 Å². The van der Waals surface area contributed by atoms with Crippen LogP contribution >= 0.6 is 23.2 Å². The van der Waals surface area contributed by atoms with Gasteiger partial charge in [0.25, 0.3) is 11.5 Å². The summed E-state index contributed by atoms with van der Waals surface area (Å²) < 4.78 is 37.8. The number of halogens is 2. The monoisotopic (exact) mass is 628 g/mol. The van der Waals surface area contributed by atoms with Crippen molar-refractivity contribution in [3.8, 4) is 6.07 Å². The molecule has 1 N–H and O–H groups in total. The Bertz CT molecular complexity index is 1800. The van der Waals surface area contributed by atoms with Gasteiger partial charge >= 0.3 is 0 Å². The van der Waals surface area contributed by atoms with Gasteiger partial charge in [0, 0.05) is 39.2 Å². The maximum atomic E-state index is 13.9. The van der Waals surface area contributed by atoms with E-state index >= 15 is 0 Å². The molecular weight excluding hydrogens is 607 g/mol. The number of nitrogens with zero attached hydrogens (tertiary/aromatic N) is 3. The van der Waals surface area contributed by atoms with Crippen LogP contribution in [0.5, 0.6) is 0 Å². The van der Waals surface area contributed by atoms with E-state index in [2.05, 4.69) is 9.97 Å². The number of carbonyl (C=O) groups excluding carboxylic acids is 1. The standard InChI is InChI=1S/C28H22Cl2N4O5S2/c1-3-41(38,39)24-9-6-21(32-15-24)16-34(22-11-19(29)10-20(30)12-22)28(36)25-13-26(17(2)33-27(25)35)40(37)23-7-4-18(14-31)5-8-23/h4-13,15H,3,16H2,1-2H3,(H,33,35). The highest BCUT2D eigenvalue weighted by molar-refractivity contribution is 7.91. The number of nitriles is 1. The number of aromatic amines is 1. The number of hydrogen-bond donors (Lipinski definition) is 1. The van der Waals surface area contributed by atoms with Gasteiger partial charge in [-0.2, -0.15) is 5.26 Å². The fourth-order valence-electron chi connectivity index (χ4n) is 3.87. The molecule has 2 aromatic heterocycles. The van der Waals surface area contributed by atoms with Crippen molar-refractivity contribution in [2.24, 2.45) is 0 Å². The Morgan fingerprint density at radius 1 is 1.10 bits per heavy atom. The van der Waals surface area contributed by atoms with Crippen LogP contribution in [-0.4, -0.2) is 34.6 Å². The van der Waals surface area contributed by atoms with Crippen LogP contribution < -0.4 is 10.5 Å². The van der Waals surface area contributed by atoms with Crippen LogP contribution in [0.3, 0.4) is 0 Å². The maximum Gasteiger partial charge on any atom is 0.264 e. The Morgan fingerprint density at radius 2 is 1.76 bits per heavy atom. The topological polar surface area (TPSA) is 147 Å². The molecule has 4 rings (SSSR count). The zero-order chi connectivity index (χ0) is 29.9. The van der Waals surface area contributed by atoms with Gasteiger partial charge in [-0.15, -0.1) is 0 Å². The van der Waals surface area contributed by atoms with Crippen molar-refractivity contribution in [2.45, 2.75) is 35.1 Å². The number of aromatic nitrogens is 2. The quantitative estimate of drug-likeness (QED) is 0.268. The third kappa shape index (κ3) is 6.81. The van der Waals surface area contributed by atoms with E-state index in [-0.39, 0.29) is 43.4 Å². The van der Waals surface area contributed by atoms with Crippen molar-refractivity contribution in [1.82, 2.24) is 9.97 Å². The normalized spacial score (nSPS) is 12.0. The lowest BCUT2D eigenvalue weighted by Crippen LogP contribution is -2.35. The predicted molar refractivity (Wildman–Crippen MR) is 157 cm³/mol. The molecule has 2 aromatic carbocycles. The van der Waals surface area contributed by atoms with Gasteiger partial charge in [-0.25, -0.2) is 8.42 Å². The number of sulfone groups is 1. The summed E-state index contributed by atoms with van der Waals surface area (Å²) in [6.45, 7) is 2.93. The Kier molecular flexibility index (Phi) is 9.21. The zero-order valence-corrected chi connectivity index (χ0v) is 24.9. The van der Waals surface area contributed by atoms with E-state index < -0.39 is 32.5 Å². The highest BCUT2D eigenvalue weighted by Gasteiger charge is 2.27. The molecule has 0 spiro atoms. The Hall–Kier alpha value is -3.66. The number of carbonyl (C=O) groups is 1. The maximum absolute atomic E-state index is 13.9. The van der Waals surface area contributed by atoms with Gasteiger partial charge in [0.1, 0.15) is 5.56 Å². The first-order valence-corrected chi connectivity index (χ1v) is 15.6. The molecule has 1 amide bonds. The fraction of sp³-hybridized carbons (Fsp3) is 0.143. The number of nitrogens with one attached hydrogen (secondary N) is 1. The van der Waals surface area contributed by atoms with E-state index in [9.17, 15) is 22.6 Å². The van der Waals surface area contributed by atoms with E-state index in [0.29, 0.717) is 21.8 Å². The third-order valence-corrected chi connectivity index (χ3v) is 9.76. The minimum Gasteiger partial charge on any atom is -0.606 e. The number of benzene rings is 2. The van der Waals surface area contributed by atoms with Crippen LogP contribution in [0.1, 0.15) is 34.2 Å². The number of hydrogen-bond acceptors (Lipinski definition) is 7. The average Bonchev–Trinajstić information content (AvgIpc) is 2.95. The van der Waals surface area contributed by atoms with E-state index in [4.69, 9.17) is 28.5 Å². The zero-order valence-electron chi connectivity index (χ0n) is 21.7.